The number of halogens is 2. The summed E-state index contributed by atoms with van der Waals surface area (Å²) in [6, 6.07) is 3.45. The van der Waals surface area contributed by atoms with E-state index in [2.05, 4.69) is 24.7 Å². The smallest absolute Gasteiger partial charge is 0.361 e. The summed E-state index contributed by atoms with van der Waals surface area (Å²) in [5.74, 6) is 0.148. The molecule has 1 heterocycles. The van der Waals surface area contributed by atoms with Crippen LogP contribution in [0.15, 0.2) is 18.3 Å². The van der Waals surface area contributed by atoms with Gasteiger partial charge in [0.1, 0.15) is 0 Å². The van der Waals surface area contributed by atoms with Crippen LogP contribution >= 0.6 is 15.9 Å². The van der Waals surface area contributed by atoms with E-state index < -0.39 is 14.8 Å². The second-order valence-corrected chi connectivity index (χ2v) is 3.54. The first kappa shape index (κ1) is 9.91. The van der Waals surface area contributed by atoms with Gasteiger partial charge >= 0.3 is 20.7 Å². The normalized spacial score (nSPS) is 10.3. The number of nitrogens with zero attached hydrogens (tertiary/aromatic N) is 1. The summed E-state index contributed by atoms with van der Waals surface area (Å²) in [6.07, 6.45) is 1.48. The van der Waals surface area contributed by atoms with Crippen LogP contribution in [0.3, 0.4) is 0 Å². The Kier molecular flexibility index (Phi) is 3.93. The van der Waals surface area contributed by atoms with Crippen LogP contribution in [0, 0.1) is 14.8 Å². The number of aromatic nitrogens is 1. The Labute approximate surface area is 83.1 Å². The van der Waals surface area contributed by atoms with Gasteiger partial charge in [-0.05, 0) is 6.07 Å². The number of pyridine rings is 1. The van der Waals surface area contributed by atoms with Gasteiger partial charge in [0.15, 0.2) is 0 Å². The molecule has 66 valence electrons. The first-order valence-corrected chi connectivity index (χ1v) is 6.04. The molecule has 0 saturated carbocycles. The Morgan fingerprint density at radius 3 is 2.92 bits per heavy atom. The molecule has 0 fully saturated rings. The van der Waals surface area contributed by atoms with Crippen LogP contribution in [0.25, 0.3) is 0 Å². The fourth-order valence-electron chi connectivity index (χ4n) is 0.655. The zero-order valence-corrected chi connectivity index (χ0v) is 9.04. The van der Waals surface area contributed by atoms with Gasteiger partial charge in [0.25, 0.3) is 0 Å². The maximum Gasteiger partial charge on any atom is 0.503 e. The highest BCUT2D eigenvalue weighted by Crippen LogP contribution is 2.17. The van der Waals surface area contributed by atoms with Gasteiger partial charge in [-0.1, -0.05) is 22.0 Å². The second-order valence-electron chi connectivity index (χ2n) is 1.87. The zero-order valence-electron chi connectivity index (χ0n) is 5.87. The highest BCUT2D eigenvalue weighted by atomic mass is 80.0. The quantitative estimate of drug-likeness (QED) is 0.702. The molecule has 12 heavy (non-hydrogen) atoms. The van der Waals surface area contributed by atoms with Gasteiger partial charge in [0.05, 0.1) is 0 Å². The first-order chi connectivity index (χ1) is 5.74. The summed E-state index contributed by atoms with van der Waals surface area (Å²) < 4.78 is 25.0. The molecule has 0 N–H and O–H groups in total. The molecular weight excluding hydrogens is 294 g/mol. The largest absolute Gasteiger partial charge is 0.503 e. The summed E-state index contributed by atoms with van der Waals surface area (Å²) >= 11 is -0.0365. The molecule has 0 amide bonds. The summed E-state index contributed by atoms with van der Waals surface area (Å²) in [5.41, 5.74) is 0.715. The lowest BCUT2D eigenvalue weighted by molar-refractivity contribution is -1.62. The molecule has 0 aliphatic heterocycles. The molecule has 6 heteroatoms. The predicted molar refractivity (Wildman–Crippen MR) is 37.5 cm³/mol. The Hall–Kier alpha value is -0.170. The molecule has 0 unspecified atom stereocenters. The van der Waals surface area contributed by atoms with Gasteiger partial charge in [0, 0.05) is 17.1 Å². The molecule has 1 rings (SSSR count). The van der Waals surface area contributed by atoms with Gasteiger partial charge in [-0.25, -0.2) is 4.98 Å². The molecule has 0 bridgehead atoms. The van der Waals surface area contributed by atoms with Crippen LogP contribution in [0.1, 0.15) is 5.56 Å². The van der Waals surface area contributed by atoms with E-state index in [-0.39, 0.29) is 5.88 Å². The van der Waals surface area contributed by atoms with Crippen molar-refractivity contribution in [2.24, 2.45) is 0 Å². The SMILES string of the molecule is [O-][Br+2]([O-])Oc1ncccc1CBr. The van der Waals surface area contributed by atoms with E-state index in [1.165, 1.54) is 6.20 Å². The van der Waals surface area contributed by atoms with Crippen molar-refractivity contribution >= 4 is 15.9 Å². The van der Waals surface area contributed by atoms with Crippen molar-refractivity contribution in [1.29, 1.82) is 0 Å². The minimum atomic E-state index is -3.22. The van der Waals surface area contributed by atoms with Gasteiger partial charge in [0.2, 0.25) is 0 Å². The fraction of sp³-hybridized carbons (Fsp3) is 0.167. The highest BCUT2D eigenvalue weighted by molar-refractivity contribution is 9.08. The van der Waals surface area contributed by atoms with Crippen molar-refractivity contribution in [3.8, 4) is 5.88 Å². The Bertz CT molecular complexity index is 256. The lowest BCUT2D eigenvalue weighted by atomic mass is 10.3. The Balaban J connectivity index is 2.82. The summed E-state index contributed by atoms with van der Waals surface area (Å²) in [5, 5.41) is 0.520. The van der Waals surface area contributed by atoms with Gasteiger partial charge in [-0.15, -0.1) is 3.83 Å². The summed E-state index contributed by atoms with van der Waals surface area (Å²) in [7, 11) is 0. The zero-order chi connectivity index (χ0) is 8.97. The van der Waals surface area contributed by atoms with Crippen molar-refractivity contribution < 1.29 is 27.0 Å². The Morgan fingerprint density at radius 1 is 1.58 bits per heavy atom. The van der Waals surface area contributed by atoms with Crippen LogP contribution in [0.5, 0.6) is 5.88 Å². The lowest BCUT2D eigenvalue weighted by Gasteiger charge is -1.97. The van der Waals surface area contributed by atoms with Crippen LogP contribution in [0.4, 0.5) is 0 Å². The third-order valence-corrected chi connectivity index (χ3v) is 2.31. The maximum absolute atomic E-state index is 10.2. The van der Waals surface area contributed by atoms with Crippen molar-refractivity contribution in [1.82, 2.24) is 4.98 Å². The molecule has 0 aromatic carbocycles. The topological polar surface area (TPSA) is 68.2 Å². The molecule has 1 aromatic heterocycles. The Morgan fingerprint density at radius 2 is 2.33 bits per heavy atom. The second kappa shape index (κ2) is 4.76. The van der Waals surface area contributed by atoms with Gasteiger partial charge in [-0.3, -0.25) is 0 Å². The summed E-state index contributed by atoms with van der Waals surface area (Å²) in [6.45, 7) is 0. The molecule has 0 aliphatic rings. The maximum atomic E-state index is 10.2. The van der Waals surface area contributed by atoms with E-state index in [1.807, 2.05) is 0 Å². The van der Waals surface area contributed by atoms with Crippen LogP contribution in [-0.2, 0) is 5.33 Å². The molecule has 0 saturated heterocycles. The number of hydrogen-bond acceptors (Lipinski definition) is 4. The first-order valence-electron chi connectivity index (χ1n) is 2.97. The standard InChI is InChI=1S/C6H5Br2NO3/c7-4-5-2-1-3-9-6(5)12-8(10)11/h1-3H,4H2. The number of rotatable bonds is 3. The van der Waals surface area contributed by atoms with Gasteiger partial charge in [-0.2, -0.15) is 0 Å². The van der Waals surface area contributed by atoms with Gasteiger partial charge < -0.3 is 8.40 Å². The van der Waals surface area contributed by atoms with Crippen molar-refractivity contribution in [2.75, 3.05) is 0 Å². The van der Waals surface area contributed by atoms with E-state index in [0.717, 1.165) is 0 Å². The third kappa shape index (κ3) is 2.71. The predicted octanol–water partition coefficient (Wildman–Crippen LogP) is -0.558. The summed E-state index contributed by atoms with van der Waals surface area (Å²) in [4.78, 5) is 3.76. The van der Waals surface area contributed by atoms with E-state index in [9.17, 15) is 8.40 Å². The lowest BCUT2D eigenvalue weighted by Crippen LogP contribution is -2.37. The molecule has 0 radical (unpaired) electrons. The molecular formula is C6H5Br2NO3. The molecule has 0 atom stereocenters. The van der Waals surface area contributed by atoms with E-state index in [1.54, 1.807) is 12.1 Å². The molecule has 4 nitrogen and oxygen atoms in total. The molecule has 0 aliphatic carbocycles. The van der Waals surface area contributed by atoms with E-state index in [0.29, 0.717) is 10.9 Å². The third-order valence-electron chi connectivity index (χ3n) is 1.13. The van der Waals surface area contributed by atoms with Crippen molar-refractivity contribution in [2.45, 2.75) is 5.33 Å². The van der Waals surface area contributed by atoms with E-state index in [4.69, 9.17) is 0 Å². The van der Waals surface area contributed by atoms with E-state index >= 15 is 0 Å². The fourth-order valence-corrected chi connectivity index (χ4v) is 1.62. The monoisotopic (exact) mass is 297 g/mol. The van der Waals surface area contributed by atoms with Crippen LogP contribution in [-0.4, -0.2) is 4.98 Å². The minimum Gasteiger partial charge on any atom is -0.361 e. The minimum absolute atomic E-state index is 0.148. The van der Waals surface area contributed by atoms with Crippen LogP contribution < -0.4 is 12.2 Å². The molecule has 0 spiro atoms. The average Bonchev–Trinajstić information content (AvgIpc) is 2.04. The highest BCUT2D eigenvalue weighted by Gasteiger charge is 2.17. The van der Waals surface area contributed by atoms with Crippen molar-refractivity contribution in [3.05, 3.63) is 23.9 Å². The molecule has 1 aromatic rings. The van der Waals surface area contributed by atoms with Crippen LogP contribution in [0.2, 0.25) is 0 Å². The average molecular weight is 299 g/mol. The number of alkyl halides is 1. The van der Waals surface area contributed by atoms with Crippen molar-refractivity contribution in [3.63, 3.8) is 0 Å². The number of hydrogen-bond donors (Lipinski definition) is 0.